The zero-order valence-electron chi connectivity index (χ0n) is 10.3. The lowest BCUT2D eigenvalue weighted by Crippen LogP contribution is -2.35. The highest BCUT2D eigenvalue weighted by Gasteiger charge is 2.37. The molecule has 1 saturated carbocycles. The van der Waals surface area contributed by atoms with E-state index in [1.54, 1.807) is 12.7 Å². The van der Waals surface area contributed by atoms with Crippen LogP contribution < -0.4 is 4.90 Å². The van der Waals surface area contributed by atoms with Crippen molar-refractivity contribution in [2.75, 3.05) is 11.4 Å². The summed E-state index contributed by atoms with van der Waals surface area (Å²) in [4.78, 5) is 18.6. The van der Waals surface area contributed by atoms with Gasteiger partial charge in [0.2, 0.25) is 0 Å². The van der Waals surface area contributed by atoms with Crippen molar-refractivity contribution < 1.29 is 0 Å². The SMILES string of the molecule is c1nc(N2CCC3CCCCC32)c2[nH]cnc2n1. The van der Waals surface area contributed by atoms with Gasteiger partial charge in [-0.1, -0.05) is 12.8 Å². The fourth-order valence-corrected chi connectivity index (χ4v) is 3.64. The zero-order chi connectivity index (χ0) is 11.9. The molecule has 1 N–H and O–H groups in total. The van der Waals surface area contributed by atoms with Crippen molar-refractivity contribution in [1.29, 1.82) is 0 Å². The molecule has 1 saturated heterocycles. The minimum absolute atomic E-state index is 0.681. The van der Waals surface area contributed by atoms with Gasteiger partial charge in [-0.3, -0.25) is 0 Å². The molecule has 0 aromatic carbocycles. The van der Waals surface area contributed by atoms with Crippen molar-refractivity contribution in [3.63, 3.8) is 0 Å². The lowest BCUT2D eigenvalue weighted by molar-refractivity contribution is 0.341. The number of H-pyrrole nitrogens is 1. The molecule has 2 unspecified atom stereocenters. The molecule has 2 aromatic heterocycles. The van der Waals surface area contributed by atoms with E-state index in [1.807, 2.05) is 0 Å². The van der Waals surface area contributed by atoms with Gasteiger partial charge in [0.1, 0.15) is 11.8 Å². The maximum Gasteiger partial charge on any atom is 0.182 e. The quantitative estimate of drug-likeness (QED) is 0.833. The van der Waals surface area contributed by atoms with Crippen LogP contribution in [-0.4, -0.2) is 32.5 Å². The second kappa shape index (κ2) is 3.93. The van der Waals surface area contributed by atoms with Crippen LogP contribution in [0.25, 0.3) is 11.2 Å². The molecule has 0 spiro atoms. The summed E-state index contributed by atoms with van der Waals surface area (Å²) in [6.07, 6.45) is 10.1. The second-order valence-electron chi connectivity index (χ2n) is 5.39. The molecule has 5 heteroatoms. The molecule has 2 fully saturated rings. The maximum atomic E-state index is 4.50. The molecule has 1 aliphatic carbocycles. The Morgan fingerprint density at radius 1 is 1.11 bits per heavy atom. The predicted molar refractivity (Wildman–Crippen MR) is 69.4 cm³/mol. The molecular weight excluding hydrogens is 226 g/mol. The number of nitrogens with zero attached hydrogens (tertiary/aromatic N) is 4. The Labute approximate surface area is 106 Å². The second-order valence-corrected chi connectivity index (χ2v) is 5.39. The minimum atomic E-state index is 0.681. The summed E-state index contributed by atoms with van der Waals surface area (Å²) in [5.74, 6) is 1.92. The summed E-state index contributed by atoms with van der Waals surface area (Å²) in [7, 11) is 0. The third kappa shape index (κ3) is 1.43. The summed E-state index contributed by atoms with van der Waals surface area (Å²) in [6.45, 7) is 1.13. The average molecular weight is 243 g/mol. The van der Waals surface area contributed by atoms with Crippen LogP contribution in [0, 0.1) is 5.92 Å². The third-order valence-corrected chi connectivity index (χ3v) is 4.49. The summed E-state index contributed by atoms with van der Waals surface area (Å²) >= 11 is 0. The number of nitrogens with one attached hydrogen (secondary N) is 1. The van der Waals surface area contributed by atoms with Gasteiger partial charge in [0.15, 0.2) is 11.5 Å². The molecule has 3 heterocycles. The Morgan fingerprint density at radius 2 is 2.06 bits per heavy atom. The topological polar surface area (TPSA) is 57.7 Å². The number of hydrogen-bond acceptors (Lipinski definition) is 4. The number of aromatic amines is 1. The smallest absolute Gasteiger partial charge is 0.182 e. The lowest BCUT2D eigenvalue weighted by atomic mass is 9.85. The molecule has 4 rings (SSSR count). The van der Waals surface area contributed by atoms with Gasteiger partial charge in [-0.15, -0.1) is 0 Å². The summed E-state index contributed by atoms with van der Waals surface area (Å²) in [5.41, 5.74) is 1.77. The average Bonchev–Trinajstić information content (AvgIpc) is 3.05. The molecule has 1 aliphatic heterocycles. The Balaban J connectivity index is 1.76. The van der Waals surface area contributed by atoms with E-state index in [4.69, 9.17) is 0 Å². The monoisotopic (exact) mass is 243 g/mol. The van der Waals surface area contributed by atoms with Crippen molar-refractivity contribution in [3.8, 4) is 0 Å². The first kappa shape index (κ1) is 10.3. The Hall–Kier alpha value is -1.65. The standard InChI is InChI=1S/C13H17N5/c1-2-4-10-9(3-1)5-6-18(10)13-11-12(15-7-14-11)16-8-17-13/h7-10H,1-6H2,(H,14,15,16,17). The zero-order valence-corrected chi connectivity index (χ0v) is 10.3. The summed E-state index contributed by atoms with van der Waals surface area (Å²) < 4.78 is 0. The van der Waals surface area contributed by atoms with E-state index in [-0.39, 0.29) is 0 Å². The van der Waals surface area contributed by atoms with Gasteiger partial charge in [0.05, 0.1) is 6.33 Å². The molecule has 5 nitrogen and oxygen atoms in total. The van der Waals surface area contributed by atoms with E-state index in [0.717, 1.165) is 29.4 Å². The van der Waals surface area contributed by atoms with Crippen molar-refractivity contribution in [1.82, 2.24) is 19.9 Å². The fraction of sp³-hybridized carbons (Fsp3) is 0.615. The molecule has 2 aromatic rings. The Morgan fingerprint density at radius 3 is 3.06 bits per heavy atom. The van der Waals surface area contributed by atoms with Gasteiger partial charge in [0.25, 0.3) is 0 Å². The molecule has 0 radical (unpaired) electrons. The van der Waals surface area contributed by atoms with Crippen LogP contribution in [0.2, 0.25) is 0 Å². The van der Waals surface area contributed by atoms with E-state index < -0.39 is 0 Å². The van der Waals surface area contributed by atoms with E-state index >= 15 is 0 Å². The van der Waals surface area contributed by atoms with Crippen molar-refractivity contribution in [2.45, 2.75) is 38.1 Å². The van der Waals surface area contributed by atoms with Crippen LogP contribution in [-0.2, 0) is 0 Å². The molecular formula is C13H17N5. The van der Waals surface area contributed by atoms with Gasteiger partial charge in [-0.25, -0.2) is 15.0 Å². The van der Waals surface area contributed by atoms with Crippen molar-refractivity contribution >= 4 is 17.0 Å². The lowest BCUT2D eigenvalue weighted by Gasteiger charge is -2.32. The highest BCUT2D eigenvalue weighted by Crippen LogP contribution is 2.39. The van der Waals surface area contributed by atoms with E-state index in [9.17, 15) is 0 Å². The first-order chi connectivity index (χ1) is 8.93. The molecule has 94 valence electrons. The molecule has 2 atom stereocenters. The summed E-state index contributed by atoms with van der Waals surface area (Å²) in [5, 5.41) is 0. The number of anilines is 1. The number of aromatic nitrogens is 4. The largest absolute Gasteiger partial charge is 0.351 e. The highest BCUT2D eigenvalue weighted by atomic mass is 15.3. The van der Waals surface area contributed by atoms with E-state index in [2.05, 4.69) is 24.8 Å². The molecule has 0 bridgehead atoms. The molecule has 18 heavy (non-hydrogen) atoms. The van der Waals surface area contributed by atoms with Crippen LogP contribution in [0.3, 0.4) is 0 Å². The van der Waals surface area contributed by atoms with E-state index in [0.29, 0.717) is 6.04 Å². The van der Waals surface area contributed by atoms with Gasteiger partial charge in [-0.2, -0.15) is 0 Å². The van der Waals surface area contributed by atoms with Crippen molar-refractivity contribution in [3.05, 3.63) is 12.7 Å². The van der Waals surface area contributed by atoms with Crippen LogP contribution in [0.4, 0.5) is 5.82 Å². The van der Waals surface area contributed by atoms with Gasteiger partial charge < -0.3 is 9.88 Å². The summed E-state index contributed by atoms with van der Waals surface area (Å²) in [6, 6.07) is 0.681. The maximum absolute atomic E-state index is 4.50. The number of rotatable bonds is 1. The van der Waals surface area contributed by atoms with Crippen molar-refractivity contribution in [2.24, 2.45) is 5.92 Å². The normalized spacial score (nSPS) is 27.7. The van der Waals surface area contributed by atoms with Crippen LogP contribution in [0.1, 0.15) is 32.1 Å². The Bertz CT molecular complexity index is 563. The van der Waals surface area contributed by atoms with Crippen LogP contribution >= 0.6 is 0 Å². The van der Waals surface area contributed by atoms with Gasteiger partial charge in [-0.05, 0) is 25.2 Å². The Kier molecular flexibility index (Phi) is 2.25. The first-order valence-electron chi connectivity index (χ1n) is 6.84. The van der Waals surface area contributed by atoms with Crippen LogP contribution in [0.5, 0.6) is 0 Å². The number of hydrogen-bond donors (Lipinski definition) is 1. The van der Waals surface area contributed by atoms with Gasteiger partial charge >= 0.3 is 0 Å². The minimum Gasteiger partial charge on any atom is -0.351 e. The van der Waals surface area contributed by atoms with Gasteiger partial charge in [0, 0.05) is 12.6 Å². The van der Waals surface area contributed by atoms with E-state index in [1.165, 1.54) is 32.1 Å². The predicted octanol–water partition coefficient (Wildman–Crippen LogP) is 2.12. The highest BCUT2D eigenvalue weighted by molar-refractivity contribution is 5.83. The first-order valence-corrected chi connectivity index (χ1v) is 6.84. The fourth-order valence-electron chi connectivity index (χ4n) is 3.64. The number of fused-ring (bicyclic) bond motifs is 2. The van der Waals surface area contributed by atoms with Crippen LogP contribution in [0.15, 0.2) is 12.7 Å². The number of imidazole rings is 1. The molecule has 2 aliphatic rings. The molecule has 0 amide bonds. The third-order valence-electron chi connectivity index (χ3n) is 4.49.